The maximum absolute atomic E-state index is 11.9. The largest absolute Gasteiger partial charge is 0.348 e. The zero-order valence-electron chi connectivity index (χ0n) is 15.2. The van der Waals surface area contributed by atoms with Crippen LogP contribution in [0.2, 0.25) is 0 Å². The summed E-state index contributed by atoms with van der Waals surface area (Å²) in [6.45, 7) is 5.00. The molecule has 0 radical (unpaired) electrons. The Labute approximate surface area is 142 Å². The number of nitrogens with one attached hydrogen (secondary N) is 2. The van der Waals surface area contributed by atoms with Crippen LogP contribution in [-0.4, -0.2) is 24.4 Å². The van der Waals surface area contributed by atoms with Gasteiger partial charge in [-0.3, -0.25) is 9.59 Å². The Balaban J connectivity index is 2.01. The molecule has 0 aromatic rings. The van der Waals surface area contributed by atoms with Gasteiger partial charge >= 0.3 is 11.8 Å². The van der Waals surface area contributed by atoms with E-state index in [2.05, 4.69) is 24.5 Å². The van der Waals surface area contributed by atoms with Gasteiger partial charge in [0, 0.05) is 12.6 Å². The van der Waals surface area contributed by atoms with E-state index in [4.69, 9.17) is 0 Å². The van der Waals surface area contributed by atoms with Crippen LogP contribution in [0.15, 0.2) is 0 Å². The van der Waals surface area contributed by atoms with Gasteiger partial charge in [0.1, 0.15) is 0 Å². The van der Waals surface area contributed by atoms with Gasteiger partial charge in [-0.1, -0.05) is 71.6 Å². The highest BCUT2D eigenvalue weighted by Gasteiger charge is 2.25. The van der Waals surface area contributed by atoms with Gasteiger partial charge in [0.05, 0.1) is 0 Å². The first-order valence-electron chi connectivity index (χ1n) is 9.73. The van der Waals surface area contributed by atoms with E-state index in [-0.39, 0.29) is 6.04 Å². The molecule has 0 bridgehead atoms. The highest BCUT2D eigenvalue weighted by Crippen LogP contribution is 2.23. The standard InChI is InChI=1S/C19H36N2O2/c1-3-4-5-6-7-8-9-12-15-20-18(22)19(23)21-17-14-11-10-13-16(17)2/h16-17H,3-15H2,1-2H3,(H,20,22)(H,21,23)/t16-,17+/m1/s1. The van der Waals surface area contributed by atoms with E-state index in [0.29, 0.717) is 12.5 Å². The van der Waals surface area contributed by atoms with Gasteiger partial charge < -0.3 is 10.6 Å². The van der Waals surface area contributed by atoms with Crippen molar-refractivity contribution in [2.75, 3.05) is 6.54 Å². The summed E-state index contributed by atoms with van der Waals surface area (Å²) in [5.41, 5.74) is 0. The molecule has 1 rings (SSSR count). The minimum atomic E-state index is -0.467. The zero-order chi connectivity index (χ0) is 16.9. The molecule has 0 unspecified atom stereocenters. The summed E-state index contributed by atoms with van der Waals surface area (Å²) in [4.78, 5) is 23.7. The molecule has 1 saturated carbocycles. The number of carbonyl (C=O) groups excluding carboxylic acids is 2. The average molecular weight is 325 g/mol. The van der Waals surface area contributed by atoms with Crippen LogP contribution in [0, 0.1) is 5.92 Å². The second kappa shape index (κ2) is 12.4. The lowest BCUT2D eigenvalue weighted by Crippen LogP contribution is -2.47. The predicted octanol–water partition coefficient (Wildman–Crippen LogP) is 3.94. The highest BCUT2D eigenvalue weighted by atomic mass is 16.2. The van der Waals surface area contributed by atoms with Gasteiger partial charge in [-0.2, -0.15) is 0 Å². The van der Waals surface area contributed by atoms with E-state index in [0.717, 1.165) is 32.1 Å². The average Bonchev–Trinajstić information content (AvgIpc) is 2.55. The summed E-state index contributed by atoms with van der Waals surface area (Å²) in [6.07, 6.45) is 14.4. The Bertz CT molecular complexity index is 344. The fourth-order valence-corrected chi connectivity index (χ4v) is 3.31. The first-order valence-corrected chi connectivity index (χ1v) is 9.73. The highest BCUT2D eigenvalue weighted by molar-refractivity contribution is 6.35. The molecule has 0 heterocycles. The summed E-state index contributed by atoms with van der Waals surface area (Å²) < 4.78 is 0. The molecule has 1 fully saturated rings. The molecule has 1 aliphatic rings. The maximum atomic E-state index is 11.9. The van der Waals surface area contributed by atoms with E-state index in [1.807, 2.05) is 0 Å². The minimum Gasteiger partial charge on any atom is -0.348 e. The summed E-state index contributed by atoms with van der Waals surface area (Å²) in [6, 6.07) is 0.171. The second-order valence-electron chi connectivity index (χ2n) is 7.07. The Hall–Kier alpha value is -1.06. The molecule has 2 atom stereocenters. The van der Waals surface area contributed by atoms with Crippen LogP contribution in [0.1, 0.15) is 90.9 Å². The summed E-state index contributed by atoms with van der Waals surface area (Å²) in [5.74, 6) is -0.442. The quantitative estimate of drug-likeness (QED) is 0.472. The van der Waals surface area contributed by atoms with Gasteiger partial charge in [-0.25, -0.2) is 0 Å². The van der Waals surface area contributed by atoms with Crippen molar-refractivity contribution < 1.29 is 9.59 Å². The molecule has 4 nitrogen and oxygen atoms in total. The van der Waals surface area contributed by atoms with Gasteiger partial charge in [0.25, 0.3) is 0 Å². The zero-order valence-corrected chi connectivity index (χ0v) is 15.2. The molecule has 4 heteroatoms. The van der Waals surface area contributed by atoms with Gasteiger partial charge in [-0.05, 0) is 25.2 Å². The number of carbonyl (C=O) groups is 2. The minimum absolute atomic E-state index is 0.171. The van der Waals surface area contributed by atoms with Gasteiger partial charge in [-0.15, -0.1) is 0 Å². The fraction of sp³-hybridized carbons (Fsp3) is 0.895. The first kappa shape index (κ1) is 20.0. The molecular formula is C19H36N2O2. The van der Waals surface area contributed by atoms with Crippen molar-refractivity contribution in [2.24, 2.45) is 5.92 Å². The third kappa shape index (κ3) is 8.97. The molecule has 2 amide bonds. The number of amides is 2. The molecule has 0 saturated heterocycles. The van der Waals surface area contributed by atoms with Crippen molar-refractivity contribution >= 4 is 11.8 Å². The van der Waals surface area contributed by atoms with Crippen molar-refractivity contribution in [1.82, 2.24) is 10.6 Å². The fourth-order valence-electron chi connectivity index (χ4n) is 3.31. The van der Waals surface area contributed by atoms with Gasteiger partial charge in [0.15, 0.2) is 0 Å². The van der Waals surface area contributed by atoms with Crippen LogP contribution >= 0.6 is 0 Å². The van der Waals surface area contributed by atoms with Crippen LogP contribution in [-0.2, 0) is 9.59 Å². The van der Waals surface area contributed by atoms with Crippen LogP contribution in [0.4, 0.5) is 0 Å². The van der Waals surface area contributed by atoms with Crippen LogP contribution in [0.3, 0.4) is 0 Å². The molecule has 1 aliphatic carbocycles. The summed E-state index contributed by atoms with van der Waals surface area (Å²) in [7, 11) is 0. The Kier molecular flexibility index (Phi) is 10.8. The monoisotopic (exact) mass is 324 g/mol. The first-order chi connectivity index (χ1) is 11.1. The van der Waals surface area contributed by atoms with Crippen molar-refractivity contribution in [1.29, 1.82) is 0 Å². The lowest BCUT2D eigenvalue weighted by molar-refractivity contribution is -0.140. The Morgan fingerprint density at radius 2 is 1.48 bits per heavy atom. The predicted molar refractivity (Wildman–Crippen MR) is 95.2 cm³/mol. The Morgan fingerprint density at radius 1 is 0.870 bits per heavy atom. The molecular weight excluding hydrogens is 288 g/mol. The van der Waals surface area contributed by atoms with Crippen LogP contribution < -0.4 is 10.6 Å². The van der Waals surface area contributed by atoms with Crippen LogP contribution in [0.25, 0.3) is 0 Å². The smallest absolute Gasteiger partial charge is 0.309 e. The van der Waals surface area contributed by atoms with Crippen molar-refractivity contribution in [2.45, 2.75) is 96.9 Å². The molecule has 0 aromatic carbocycles. The lowest BCUT2D eigenvalue weighted by atomic mass is 9.86. The van der Waals surface area contributed by atoms with E-state index in [1.165, 1.54) is 44.9 Å². The third-order valence-electron chi connectivity index (χ3n) is 4.95. The van der Waals surface area contributed by atoms with E-state index in [9.17, 15) is 9.59 Å². The summed E-state index contributed by atoms with van der Waals surface area (Å²) >= 11 is 0. The van der Waals surface area contributed by atoms with E-state index >= 15 is 0 Å². The van der Waals surface area contributed by atoms with Crippen LogP contribution in [0.5, 0.6) is 0 Å². The number of hydrogen-bond donors (Lipinski definition) is 2. The number of rotatable bonds is 10. The molecule has 0 aliphatic heterocycles. The Morgan fingerprint density at radius 3 is 2.13 bits per heavy atom. The van der Waals surface area contributed by atoms with Gasteiger partial charge in [0.2, 0.25) is 0 Å². The number of unbranched alkanes of at least 4 members (excludes halogenated alkanes) is 7. The molecule has 2 N–H and O–H groups in total. The molecule has 23 heavy (non-hydrogen) atoms. The SMILES string of the molecule is CCCCCCCCCCNC(=O)C(=O)N[C@H]1CCCC[C@H]1C. The second-order valence-corrected chi connectivity index (χ2v) is 7.07. The maximum Gasteiger partial charge on any atom is 0.309 e. The topological polar surface area (TPSA) is 58.2 Å². The van der Waals surface area contributed by atoms with E-state index in [1.54, 1.807) is 0 Å². The van der Waals surface area contributed by atoms with Crippen molar-refractivity contribution in [3.63, 3.8) is 0 Å². The molecule has 0 aromatic heterocycles. The summed E-state index contributed by atoms with van der Waals surface area (Å²) in [5, 5.41) is 5.65. The lowest BCUT2D eigenvalue weighted by Gasteiger charge is -2.29. The normalized spacial score (nSPS) is 21.0. The molecule has 0 spiro atoms. The van der Waals surface area contributed by atoms with Crippen molar-refractivity contribution in [3.05, 3.63) is 0 Å². The number of hydrogen-bond acceptors (Lipinski definition) is 2. The van der Waals surface area contributed by atoms with Crippen molar-refractivity contribution in [3.8, 4) is 0 Å². The van der Waals surface area contributed by atoms with E-state index < -0.39 is 11.8 Å². The molecule has 134 valence electrons. The third-order valence-corrected chi connectivity index (χ3v) is 4.95.